The predicted octanol–water partition coefficient (Wildman–Crippen LogP) is 1.45. The Kier molecular flexibility index (Phi) is 4.15. The molecule has 1 saturated carbocycles. The van der Waals surface area contributed by atoms with E-state index in [9.17, 15) is 14.4 Å². The van der Waals surface area contributed by atoms with Gasteiger partial charge in [0.25, 0.3) is 5.91 Å². The van der Waals surface area contributed by atoms with Crippen molar-refractivity contribution in [3.63, 3.8) is 0 Å². The highest BCUT2D eigenvalue weighted by atomic mass is 32.1. The molecule has 0 bridgehead atoms. The van der Waals surface area contributed by atoms with Crippen molar-refractivity contribution in [2.75, 3.05) is 18.4 Å². The van der Waals surface area contributed by atoms with Crippen molar-refractivity contribution in [1.82, 2.24) is 10.2 Å². The second kappa shape index (κ2) is 6.08. The summed E-state index contributed by atoms with van der Waals surface area (Å²) in [5.41, 5.74) is 0.502. The van der Waals surface area contributed by atoms with Crippen LogP contribution in [-0.2, 0) is 9.59 Å². The van der Waals surface area contributed by atoms with Gasteiger partial charge in [0.05, 0.1) is 11.5 Å². The van der Waals surface area contributed by atoms with Crippen LogP contribution in [0.2, 0.25) is 0 Å². The van der Waals surface area contributed by atoms with Crippen LogP contribution in [0.1, 0.15) is 36.5 Å². The summed E-state index contributed by atoms with van der Waals surface area (Å²) in [6.45, 7) is 2.98. The Labute approximate surface area is 132 Å². The SMILES string of the molecule is CCN1CC(C(=O)Nc2sccc2C(=O)NC2CC2)CC1=O. The number of anilines is 1. The minimum absolute atomic E-state index is 0.0144. The average Bonchev–Trinajstić information content (AvgIpc) is 3.04. The molecule has 22 heavy (non-hydrogen) atoms. The van der Waals surface area contributed by atoms with Crippen molar-refractivity contribution in [1.29, 1.82) is 0 Å². The third kappa shape index (κ3) is 3.14. The van der Waals surface area contributed by atoms with E-state index in [1.807, 2.05) is 6.92 Å². The standard InChI is InChI=1S/C15H19N3O3S/c1-2-18-8-9(7-12(18)19)13(20)17-15-11(5-6-22-15)14(21)16-10-3-4-10/h5-6,9-10H,2-4,7-8H2,1H3,(H,16,21)(H,17,20). The number of carbonyl (C=O) groups excluding carboxylic acids is 3. The van der Waals surface area contributed by atoms with Crippen molar-refractivity contribution in [2.45, 2.75) is 32.2 Å². The third-order valence-electron chi connectivity index (χ3n) is 4.03. The molecule has 1 unspecified atom stereocenters. The van der Waals surface area contributed by atoms with Gasteiger partial charge in [-0.15, -0.1) is 11.3 Å². The van der Waals surface area contributed by atoms with Crippen LogP contribution in [0.15, 0.2) is 11.4 Å². The summed E-state index contributed by atoms with van der Waals surface area (Å²) in [5.74, 6) is -0.654. The summed E-state index contributed by atoms with van der Waals surface area (Å²) in [6.07, 6.45) is 2.29. The van der Waals surface area contributed by atoms with E-state index in [2.05, 4.69) is 10.6 Å². The van der Waals surface area contributed by atoms with Gasteiger partial charge in [-0.1, -0.05) is 0 Å². The van der Waals surface area contributed by atoms with Gasteiger partial charge in [0.2, 0.25) is 11.8 Å². The van der Waals surface area contributed by atoms with E-state index in [1.165, 1.54) is 11.3 Å². The lowest BCUT2D eigenvalue weighted by molar-refractivity contribution is -0.128. The zero-order chi connectivity index (χ0) is 15.7. The molecule has 6 nitrogen and oxygen atoms in total. The number of rotatable bonds is 5. The summed E-state index contributed by atoms with van der Waals surface area (Å²) in [4.78, 5) is 37.8. The highest BCUT2D eigenvalue weighted by molar-refractivity contribution is 7.14. The van der Waals surface area contributed by atoms with E-state index in [-0.39, 0.29) is 36.1 Å². The van der Waals surface area contributed by atoms with Crippen LogP contribution >= 0.6 is 11.3 Å². The van der Waals surface area contributed by atoms with Gasteiger partial charge in [0, 0.05) is 25.6 Å². The first kappa shape index (κ1) is 15.0. The third-order valence-corrected chi connectivity index (χ3v) is 4.86. The Balaban J connectivity index is 1.63. The topological polar surface area (TPSA) is 78.5 Å². The molecular weight excluding hydrogens is 302 g/mol. The smallest absolute Gasteiger partial charge is 0.254 e. The fourth-order valence-electron chi connectivity index (χ4n) is 2.54. The average molecular weight is 321 g/mol. The van der Waals surface area contributed by atoms with E-state index in [4.69, 9.17) is 0 Å². The van der Waals surface area contributed by atoms with Crippen LogP contribution < -0.4 is 10.6 Å². The maximum absolute atomic E-state index is 12.3. The van der Waals surface area contributed by atoms with Crippen LogP contribution in [0.3, 0.4) is 0 Å². The first-order valence-electron chi connectivity index (χ1n) is 7.55. The molecule has 3 amide bonds. The molecule has 0 spiro atoms. The van der Waals surface area contributed by atoms with Crippen LogP contribution in [0.5, 0.6) is 0 Å². The van der Waals surface area contributed by atoms with Crippen molar-refractivity contribution < 1.29 is 14.4 Å². The quantitative estimate of drug-likeness (QED) is 0.861. The molecule has 2 aliphatic rings. The number of hydrogen-bond donors (Lipinski definition) is 2. The molecule has 2 fully saturated rings. The summed E-state index contributed by atoms with van der Waals surface area (Å²) in [7, 11) is 0. The van der Waals surface area contributed by atoms with Gasteiger partial charge in [0.15, 0.2) is 0 Å². The maximum Gasteiger partial charge on any atom is 0.254 e. The molecule has 1 saturated heterocycles. The van der Waals surface area contributed by atoms with Crippen LogP contribution in [0.4, 0.5) is 5.00 Å². The number of likely N-dealkylation sites (tertiary alicyclic amines) is 1. The van der Waals surface area contributed by atoms with E-state index in [0.717, 1.165) is 12.8 Å². The highest BCUT2D eigenvalue weighted by Crippen LogP contribution is 2.27. The van der Waals surface area contributed by atoms with Crippen molar-refractivity contribution in [3.8, 4) is 0 Å². The Morgan fingerprint density at radius 1 is 1.41 bits per heavy atom. The summed E-state index contributed by atoms with van der Waals surface area (Å²) in [5, 5.41) is 8.08. The summed E-state index contributed by atoms with van der Waals surface area (Å²) in [6, 6.07) is 2.00. The first-order valence-corrected chi connectivity index (χ1v) is 8.43. The Hall–Kier alpha value is -1.89. The molecule has 118 valence electrons. The second-order valence-electron chi connectivity index (χ2n) is 5.73. The largest absolute Gasteiger partial charge is 0.349 e. The molecule has 1 aliphatic carbocycles. The van der Waals surface area contributed by atoms with Gasteiger partial charge >= 0.3 is 0 Å². The zero-order valence-electron chi connectivity index (χ0n) is 12.4. The molecule has 1 aliphatic heterocycles. The molecule has 1 aromatic heterocycles. The van der Waals surface area contributed by atoms with Gasteiger partial charge in [-0.2, -0.15) is 0 Å². The number of hydrogen-bond acceptors (Lipinski definition) is 4. The van der Waals surface area contributed by atoms with Crippen molar-refractivity contribution in [2.24, 2.45) is 5.92 Å². The normalized spacial score (nSPS) is 21.0. The van der Waals surface area contributed by atoms with E-state index >= 15 is 0 Å². The Bertz CT molecular complexity index is 609. The van der Waals surface area contributed by atoms with Gasteiger partial charge in [-0.3, -0.25) is 14.4 Å². The molecule has 0 aromatic carbocycles. The lowest BCUT2D eigenvalue weighted by Crippen LogP contribution is -2.29. The van der Waals surface area contributed by atoms with Crippen LogP contribution in [0.25, 0.3) is 0 Å². The lowest BCUT2D eigenvalue weighted by Gasteiger charge is -2.13. The first-order chi connectivity index (χ1) is 10.6. The molecule has 1 aromatic rings. The lowest BCUT2D eigenvalue weighted by atomic mass is 10.1. The molecular formula is C15H19N3O3S. The molecule has 0 radical (unpaired) electrons. The number of thiophene rings is 1. The predicted molar refractivity (Wildman–Crippen MR) is 83.8 cm³/mol. The Morgan fingerprint density at radius 2 is 2.18 bits per heavy atom. The molecule has 1 atom stereocenters. The minimum Gasteiger partial charge on any atom is -0.349 e. The number of nitrogens with one attached hydrogen (secondary N) is 2. The van der Waals surface area contributed by atoms with Gasteiger partial charge < -0.3 is 15.5 Å². The number of nitrogens with zero attached hydrogens (tertiary/aromatic N) is 1. The second-order valence-corrected chi connectivity index (χ2v) is 6.65. The summed E-state index contributed by atoms with van der Waals surface area (Å²) < 4.78 is 0. The molecule has 3 rings (SSSR count). The number of amides is 3. The van der Waals surface area contributed by atoms with Gasteiger partial charge in [-0.25, -0.2) is 0 Å². The monoisotopic (exact) mass is 321 g/mol. The van der Waals surface area contributed by atoms with E-state index in [0.29, 0.717) is 23.7 Å². The molecule has 2 heterocycles. The molecule has 7 heteroatoms. The van der Waals surface area contributed by atoms with Crippen LogP contribution in [-0.4, -0.2) is 41.8 Å². The molecule has 2 N–H and O–H groups in total. The highest BCUT2D eigenvalue weighted by Gasteiger charge is 2.34. The van der Waals surface area contributed by atoms with Gasteiger partial charge in [-0.05, 0) is 31.2 Å². The van der Waals surface area contributed by atoms with Crippen molar-refractivity contribution in [3.05, 3.63) is 17.0 Å². The van der Waals surface area contributed by atoms with Gasteiger partial charge in [0.1, 0.15) is 5.00 Å². The van der Waals surface area contributed by atoms with Crippen LogP contribution in [0, 0.1) is 5.92 Å². The number of carbonyl (C=O) groups is 3. The maximum atomic E-state index is 12.3. The zero-order valence-corrected chi connectivity index (χ0v) is 13.2. The van der Waals surface area contributed by atoms with E-state index < -0.39 is 0 Å². The fraction of sp³-hybridized carbons (Fsp3) is 0.533. The fourth-order valence-corrected chi connectivity index (χ4v) is 3.33. The van der Waals surface area contributed by atoms with Crippen molar-refractivity contribution >= 4 is 34.1 Å². The minimum atomic E-state index is -0.339. The summed E-state index contributed by atoms with van der Waals surface area (Å²) >= 11 is 1.33. The van der Waals surface area contributed by atoms with E-state index in [1.54, 1.807) is 16.3 Å². The Morgan fingerprint density at radius 3 is 2.82 bits per heavy atom.